The Morgan fingerprint density at radius 2 is 1.71 bits per heavy atom. The maximum atomic E-state index is 13.0. The highest BCUT2D eigenvalue weighted by Crippen LogP contribution is 2.32. The molecule has 2 fully saturated rings. The topological polar surface area (TPSA) is 78.9 Å². The van der Waals surface area contributed by atoms with Gasteiger partial charge in [-0.3, -0.25) is 4.79 Å². The van der Waals surface area contributed by atoms with Gasteiger partial charge in [0.05, 0.1) is 18.6 Å². The maximum absolute atomic E-state index is 13.0. The standard InChI is InChI=1S/C29H54N2O4/c1-4-5-6-7-11-19-31(29(34)30-25-14-9-8-10-15-25)20-21-35-26-16-12-13-24(22-26)17-18-27(23(2)3)28(32)33/h23-27H,4-22H2,1-3H3,(H,30,34)(H,32,33)/t24-,26-,27?/m0/s1. The Hall–Kier alpha value is -1.30. The third-order valence-electron chi connectivity index (χ3n) is 8.21. The van der Waals surface area contributed by atoms with Crippen LogP contribution in [0.1, 0.15) is 124 Å². The smallest absolute Gasteiger partial charge is 0.317 e. The van der Waals surface area contributed by atoms with Gasteiger partial charge in [-0.25, -0.2) is 4.79 Å². The molecule has 35 heavy (non-hydrogen) atoms. The molecule has 2 aliphatic rings. The van der Waals surface area contributed by atoms with Crippen LogP contribution in [0.5, 0.6) is 0 Å². The molecule has 2 rings (SSSR count). The normalized spacial score (nSPS) is 22.2. The van der Waals surface area contributed by atoms with E-state index in [9.17, 15) is 14.7 Å². The molecule has 0 heterocycles. The molecule has 204 valence electrons. The summed E-state index contributed by atoms with van der Waals surface area (Å²) in [4.78, 5) is 26.6. The molecular weight excluding hydrogens is 440 g/mol. The molecule has 3 atom stereocenters. The fraction of sp³-hybridized carbons (Fsp3) is 0.931. The number of carboxylic acid groups (broad SMARTS) is 1. The second-order valence-corrected chi connectivity index (χ2v) is 11.5. The summed E-state index contributed by atoms with van der Waals surface area (Å²) in [6.45, 7) is 8.30. The predicted molar refractivity (Wildman–Crippen MR) is 143 cm³/mol. The first kappa shape index (κ1) is 29.9. The van der Waals surface area contributed by atoms with Crippen LogP contribution >= 0.6 is 0 Å². The largest absolute Gasteiger partial charge is 0.481 e. The fourth-order valence-corrected chi connectivity index (χ4v) is 5.88. The molecule has 2 amide bonds. The lowest BCUT2D eigenvalue weighted by Gasteiger charge is -2.32. The predicted octanol–water partition coefficient (Wildman–Crippen LogP) is 7.01. The molecule has 0 aromatic rings. The van der Waals surface area contributed by atoms with Crippen molar-refractivity contribution in [2.24, 2.45) is 17.8 Å². The first-order valence-corrected chi connectivity index (χ1v) is 14.8. The lowest BCUT2D eigenvalue weighted by atomic mass is 9.81. The van der Waals surface area contributed by atoms with Crippen molar-refractivity contribution >= 4 is 12.0 Å². The minimum absolute atomic E-state index is 0.0888. The van der Waals surface area contributed by atoms with Gasteiger partial charge in [-0.05, 0) is 56.8 Å². The molecule has 0 bridgehead atoms. The van der Waals surface area contributed by atoms with E-state index < -0.39 is 5.97 Å². The van der Waals surface area contributed by atoms with Crippen LogP contribution in [0.15, 0.2) is 0 Å². The van der Waals surface area contributed by atoms with Crippen LogP contribution in [0.4, 0.5) is 4.79 Å². The van der Waals surface area contributed by atoms with Crippen molar-refractivity contribution in [2.45, 2.75) is 136 Å². The van der Waals surface area contributed by atoms with E-state index in [-0.39, 0.29) is 24.0 Å². The van der Waals surface area contributed by atoms with Gasteiger partial charge in [0, 0.05) is 19.1 Å². The Morgan fingerprint density at radius 3 is 2.40 bits per heavy atom. The van der Waals surface area contributed by atoms with Gasteiger partial charge in [0.25, 0.3) is 0 Å². The molecule has 2 saturated carbocycles. The van der Waals surface area contributed by atoms with E-state index in [1.165, 1.54) is 51.4 Å². The second kappa shape index (κ2) is 17.2. The van der Waals surface area contributed by atoms with E-state index in [1.807, 2.05) is 18.7 Å². The molecule has 0 aromatic carbocycles. The zero-order chi connectivity index (χ0) is 25.5. The highest BCUT2D eigenvalue weighted by Gasteiger charge is 2.27. The average Bonchev–Trinajstić information content (AvgIpc) is 2.83. The fourth-order valence-electron chi connectivity index (χ4n) is 5.88. The van der Waals surface area contributed by atoms with E-state index >= 15 is 0 Å². The number of carbonyl (C=O) groups is 2. The van der Waals surface area contributed by atoms with Gasteiger partial charge in [-0.15, -0.1) is 0 Å². The molecule has 0 saturated heterocycles. The number of carbonyl (C=O) groups excluding carboxylic acids is 1. The summed E-state index contributed by atoms with van der Waals surface area (Å²) < 4.78 is 6.29. The summed E-state index contributed by atoms with van der Waals surface area (Å²) >= 11 is 0. The minimum Gasteiger partial charge on any atom is -0.481 e. The van der Waals surface area contributed by atoms with Crippen LogP contribution in [0.2, 0.25) is 0 Å². The Kier molecular flexibility index (Phi) is 14.7. The Balaban J connectivity index is 1.77. The molecule has 6 heteroatoms. The lowest BCUT2D eigenvalue weighted by molar-refractivity contribution is -0.143. The monoisotopic (exact) mass is 494 g/mol. The highest BCUT2D eigenvalue weighted by atomic mass is 16.5. The van der Waals surface area contributed by atoms with Gasteiger partial charge < -0.3 is 20.1 Å². The molecule has 0 radical (unpaired) electrons. The molecule has 6 nitrogen and oxygen atoms in total. The van der Waals surface area contributed by atoms with Crippen LogP contribution in [0.3, 0.4) is 0 Å². The summed E-state index contributed by atoms with van der Waals surface area (Å²) in [6, 6.07) is 0.422. The summed E-state index contributed by atoms with van der Waals surface area (Å²) in [5.74, 6) is -0.177. The highest BCUT2D eigenvalue weighted by molar-refractivity contribution is 5.74. The van der Waals surface area contributed by atoms with E-state index in [0.717, 1.165) is 57.9 Å². The van der Waals surface area contributed by atoms with Crippen LogP contribution in [-0.4, -0.2) is 53.8 Å². The van der Waals surface area contributed by atoms with Crippen molar-refractivity contribution in [3.8, 4) is 0 Å². The summed E-state index contributed by atoms with van der Waals surface area (Å²) in [6.07, 6.45) is 18.3. The van der Waals surface area contributed by atoms with Crippen molar-refractivity contribution in [3.05, 3.63) is 0 Å². The summed E-state index contributed by atoms with van der Waals surface area (Å²) in [5.41, 5.74) is 0. The van der Waals surface area contributed by atoms with Crippen LogP contribution in [-0.2, 0) is 9.53 Å². The Morgan fingerprint density at radius 1 is 0.971 bits per heavy atom. The van der Waals surface area contributed by atoms with E-state index in [4.69, 9.17) is 4.74 Å². The van der Waals surface area contributed by atoms with E-state index in [1.54, 1.807) is 0 Å². The number of ether oxygens (including phenoxy) is 1. The average molecular weight is 495 g/mol. The molecule has 1 unspecified atom stereocenters. The molecule has 0 aromatic heterocycles. The molecule has 2 aliphatic carbocycles. The number of carboxylic acids is 1. The maximum Gasteiger partial charge on any atom is 0.317 e. The molecule has 2 N–H and O–H groups in total. The second-order valence-electron chi connectivity index (χ2n) is 11.5. The van der Waals surface area contributed by atoms with Crippen molar-refractivity contribution in [1.82, 2.24) is 10.2 Å². The number of urea groups is 1. The van der Waals surface area contributed by atoms with Gasteiger partial charge in [0.1, 0.15) is 0 Å². The zero-order valence-electron chi connectivity index (χ0n) is 22.9. The van der Waals surface area contributed by atoms with Gasteiger partial charge in [-0.2, -0.15) is 0 Å². The van der Waals surface area contributed by atoms with E-state index in [2.05, 4.69) is 12.2 Å². The molecule has 0 spiro atoms. The summed E-state index contributed by atoms with van der Waals surface area (Å²) in [7, 11) is 0. The first-order valence-electron chi connectivity index (χ1n) is 14.8. The van der Waals surface area contributed by atoms with Crippen LogP contribution < -0.4 is 5.32 Å². The SMILES string of the molecule is CCCCCCCN(CCO[C@H]1CCC[C@@H](CCC(C(=O)O)C(C)C)C1)C(=O)NC1CCCCC1. The Bertz CT molecular complexity index is 591. The Labute approximate surface area is 214 Å². The number of hydrogen-bond acceptors (Lipinski definition) is 3. The van der Waals surface area contributed by atoms with Crippen molar-refractivity contribution in [2.75, 3.05) is 19.7 Å². The van der Waals surface area contributed by atoms with Crippen molar-refractivity contribution < 1.29 is 19.4 Å². The van der Waals surface area contributed by atoms with Crippen molar-refractivity contribution in [1.29, 1.82) is 0 Å². The number of nitrogens with one attached hydrogen (secondary N) is 1. The van der Waals surface area contributed by atoms with Gasteiger partial charge in [-0.1, -0.05) is 78.6 Å². The number of hydrogen-bond donors (Lipinski definition) is 2. The van der Waals surface area contributed by atoms with E-state index in [0.29, 0.717) is 25.1 Å². The number of aliphatic carboxylic acids is 1. The lowest BCUT2D eigenvalue weighted by Crippen LogP contribution is -2.47. The third-order valence-corrected chi connectivity index (χ3v) is 8.21. The molecular formula is C29H54N2O4. The molecule has 0 aliphatic heterocycles. The van der Waals surface area contributed by atoms with Crippen LogP contribution in [0.25, 0.3) is 0 Å². The van der Waals surface area contributed by atoms with Crippen LogP contribution in [0, 0.1) is 17.8 Å². The minimum atomic E-state index is -0.662. The van der Waals surface area contributed by atoms with Gasteiger partial charge in [0.2, 0.25) is 0 Å². The number of nitrogens with zero attached hydrogens (tertiary/aromatic N) is 1. The third kappa shape index (κ3) is 12.0. The van der Waals surface area contributed by atoms with Crippen molar-refractivity contribution in [3.63, 3.8) is 0 Å². The quantitative estimate of drug-likeness (QED) is 0.226. The number of amides is 2. The number of unbranched alkanes of at least 4 members (excludes halogenated alkanes) is 4. The summed E-state index contributed by atoms with van der Waals surface area (Å²) in [5, 5.41) is 12.8. The van der Waals surface area contributed by atoms with Gasteiger partial charge >= 0.3 is 12.0 Å². The van der Waals surface area contributed by atoms with Gasteiger partial charge in [0.15, 0.2) is 0 Å². The number of rotatable bonds is 16. The first-order chi connectivity index (χ1) is 16.9. The zero-order valence-corrected chi connectivity index (χ0v) is 22.9.